The van der Waals surface area contributed by atoms with Gasteiger partial charge in [0.15, 0.2) is 0 Å². The van der Waals surface area contributed by atoms with E-state index in [0.717, 1.165) is 12.8 Å². The summed E-state index contributed by atoms with van der Waals surface area (Å²) in [5.41, 5.74) is 6.87. The van der Waals surface area contributed by atoms with Crippen molar-refractivity contribution < 1.29 is 9.72 Å². The second-order valence-electron chi connectivity index (χ2n) is 5.48. The largest absolute Gasteiger partial charge is 0.334 e. The van der Waals surface area contributed by atoms with Gasteiger partial charge in [-0.1, -0.05) is 0 Å². The van der Waals surface area contributed by atoms with Crippen molar-refractivity contribution in [3.05, 3.63) is 52.3 Å². The average molecular weight is 315 g/mol. The Hall–Kier alpha value is -2.74. The number of likely N-dealkylation sites (tertiary alicyclic amines) is 1. The Morgan fingerprint density at radius 1 is 1.39 bits per heavy atom. The molecular formula is C15H17N5O3. The number of hydrogen-bond acceptors (Lipinski definition) is 5. The van der Waals surface area contributed by atoms with Crippen LogP contribution in [0.3, 0.4) is 0 Å². The summed E-state index contributed by atoms with van der Waals surface area (Å²) in [7, 11) is 0. The molecule has 1 atom stereocenters. The first kappa shape index (κ1) is 15.2. The van der Waals surface area contributed by atoms with Crippen LogP contribution < -0.4 is 5.73 Å². The van der Waals surface area contributed by atoms with Crippen molar-refractivity contribution in [1.29, 1.82) is 0 Å². The lowest BCUT2D eigenvalue weighted by atomic mass is 10.2. The zero-order valence-electron chi connectivity index (χ0n) is 12.5. The Bertz CT molecular complexity index is 725. The molecule has 1 unspecified atom stereocenters. The Morgan fingerprint density at radius 2 is 2.13 bits per heavy atom. The maximum Gasteiger partial charge on any atom is 0.269 e. The molecule has 0 bridgehead atoms. The molecule has 8 nitrogen and oxygen atoms in total. The lowest BCUT2D eigenvalue weighted by Crippen LogP contribution is -2.39. The van der Waals surface area contributed by atoms with Crippen LogP contribution in [0.1, 0.15) is 23.2 Å². The maximum absolute atomic E-state index is 12.5. The number of carbonyl (C=O) groups excluding carboxylic acids is 1. The number of amides is 1. The quantitative estimate of drug-likeness (QED) is 0.676. The number of nitrogens with zero attached hydrogens (tertiary/aromatic N) is 4. The van der Waals surface area contributed by atoms with Crippen LogP contribution in [0.15, 0.2) is 36.7 Å². The van der Waals surface area contributed by atoms with E-state index in [-0.39, 0.29) is 17.6 Å². The lowest BCUT2D eigenvalue weighted by molar-refractivity contribution is -0.384. The average Bonchev–Trinajstić information content (AvgIpc) is 3.23. The summed E-state index contributed by atoms with van der Waals surface area (Å²) in [5, 5.41) is 14.8. The number of nitrogens with two attached hydrogens (primary N) is 1. The van der Waals surface area contributed by atoms with Crippen molar-refractivity contribution in [1.82, 2.24) is 14.7 Å². The third-order valence-electron chi connectivity index (χ3n) is 4.06. The van der Waals surface area contributed by atoms with Gasteiger partial charge in [0.2, 0.25) is 0 Å². The first-order chi connectivity index (χ1) is 11.1. The molecule has 1 aromatic heterocycles. The minimum atomic E-state index is -0.456. The van der Waals surface area contributed by atoms with Crippen LogP contribution >= 0.6 is 0 Å². The van der Waals surface area contributed by atoms with Gasteiger partial charge in [0.25, 0.3) is 11.6 Å². The minimum Gasteiger partial charge on any atom is -0.334 e. The molecule has 120 valence electrons. The fourth-order valence-electron chi connectivity index (χ4n) is 2.82. The van der Waals surface area contributed by atoms with E-state index < -0.39 is 4.92 Å². The third-order valence-corrected chi connectivity index (χ3v) is 4.06. The molecule has 2 N–H and O–H groups in total. The van der Waals surface area contributed by atoms with Crippen molar-refractivity contribution >= 4 is 11.6 Å². The van der Waals surface area contributed by atoms with E-state index in [0.29, 0.717) is 24.3 Å². The summed E-state index contributed by atoms with van der Waals surface area (Å²) in [5.74, 6) is -0.0777. The summed E-state index contributed by atoms with van der Waals surface area (Å²) < 4.78 is 1.53. The molecule has 1 saturated heterocycles. The zero-order chi connectivity index (χ0) is 16.4. The standard InChI is InChI=1S/C15H17N5O3/c16-8-14-2-1-7-18(14)15(21)11-9-17-19(10-11)12-3-5-13(6-4-12)20(22)23/h3-6,9-10,14H,1-2,7-8,16H2. The SMILES string of the molecule is NCC1CCCN1C(=O)c1cnn(-c2ccc([N+](=O)[O-])cc2)c1. The van der Waals surface area contributed by atoms with Gasteiger partial charge in [0, 0.05) is 37.5 Å². The molecule has 2 heterocycles. The van der Waals surface area contributed by atoms with Crippen LogP contribution in [0.5, 0.6) is 0 Å². The van der Waals surface area contributed by atoms with Gasteiger partial charge in [0.1, 0.15) is 0 Å². The van der Waals surface area contributed by atoms with Crippen LogP contribution in [0.25, 0.3) is 5.69 Å². The highest BCUT2D eigenvalue weighted by molar-refractivity contribution is 5.94. The first-order valence-corrected chi connectivity index (χ1v) is 7.40. The van der Waals surface area contributed by atoms with Gasteiger partial charge in [-0.25, -0.2) is 4.68 Å². The summed E-state index contributed by atoms with van der Waals surface area (Å²) in [6, 6.07) is 6.09. The smallest absolute Gasteiger partial charge is 0.269 e. The summed E-state index contributed by atoms with van der Waals surface area (Å²) in [6.45, 7) is 1.17. The number of nitro groups is 1. The van der Waals surface area contributed by atoms with Gasteiger partial charge >= 0.3 is 0 Å². The number of rotatable bonds is 4. The number of nitro benzene ring substituents is 1. The monoisotopic (exact) mass is 315 g/mol. The van der Waals surface area contributed by atoms with Crippen molar-refractivity contribution in [3.63, 3.8) is 0 Å². The van der Waals surface area contributed by atoms with Crippen molar-refractivity contribution in [2.45, 2.75) is 18.9 Å². The molecule has 23 heavy (non-hydrogen) atoms. The molecular weight excluding hydrogens is 298 g/mol. The van der Waals surface area contributed by atoms with Crippen molar-refractivity contribution in [3.8, 4) is 5.69 Å². The zero-order valence-corrected chi connectivity index (χ0v) is 12.5. The predicted molar refractivity (Wildman–Crippen MR) is 83.3 cm³/mol. The molecule has 2 aromatic rings. The van der Waals surface area contributed by atoms with Crippen molar-refractivity contribution in [2.24, 2.45) is 5.73 Å². The van der Waals surface area contributed by atoms with Crippen LogP contribution in [0.2, 0.25) is 0 Å². The van der Waals surface area contributed by atoms with E-state index >= 15 is 0 Å². The predicted octanol–water partition coefficient (Wildman–Crippen LogP) is 1.34. The molecule has 1 amide bonds. The highest BCUT2D eigenvalue weighted by Crippen LogP contribution is 2.20. The highest BCUT2D eigenvalue weighted by Gasteiger charge is 2.29. The lowest BCUT2D eigenvalue weighted by Gasteiger charge is -2.22. The van der Waals surface area contributed by atoms with Gasteiger partial charge in [0.05, 0.1) is 22.4 Å². The van der Waals surface area contributed by atoms with Gasteiger partial charge in [-0.05, 0) is 25.0 Å². The van der Waals surface area contributed by atoms with Gasteiger partial charge in [-0.15, -0.1) is 0 Å². The third kappa shape index (κ3) is 2.93. The van der Waals surface area contributed by atoms with Crippen LogP contribution in [-0.4, -0.2) is 44.6 Å². The molecule has 1 fully saturated rings. The maximum atomic E-state index is 12.5. The molecule has 0 aliphatic carbocycles. The number of non-ortho nitro benzene ring substituents is 1. The number of hydrogen-bond donors (Lipinski definition) is 1. The van der Waals surface area contributed by atoms with E-state index in [1.165, 1.54) is 23.0 Å². The summed E-state index contributed by atoms with van der Waals surface area (Å²) >= 11 is 0. The first-order valence-electron chi connectivity index (χ1n) is 7.40. The molecule has 1 aliphatic rings. The second-order valence-corrected chi connectivity index (χ2v) is 5.48. The molecule has 0 saturated carbocycles. The van der Waals surface area contributed by atoms with E-state index in [4.69, 9.17) is 5.73 Å². The molecule has 3 rings (SSSR count). The normalized spacial score (nSPS) is 17.4. The molecule has 0 radical (unpaired) electrons. The Kier molecular flexibility index (Phi) is 4.07. The molecule has 0 spiro atoms. The summed E-state index contributed by atoms with van der Waals surface area (Å²) in [4.78, 5) is 24.5. The van der Waals surface area contributed by atoms with E-state index in [1.54, 1.807) is 23.2 Å². The number of benzene rings is 1. The molecule has 8 heteroatoms. The Labute approximate surface area is 132 Å². The van der Waals surface area contributed by atoms with Gasteiger partial charge < -0.3 is 10.6 Å². The highest BCUT2D eigenvalue weighted by atomic mass is 16.6. The number of aromatic nitrogens is 2. The van der Waals surface area contributed by atoms with E-state index in [2.05, 4.69) is 5.10 Å². The fourth-order valence-corrected chi connectivity index (χ4v) is 2.82. The van der Waals surface area contributed by atoms with Gasteiger partial charge in [-0.2, -0.15) is 5.10 Å². The van der Waals surface area contributed by atoms with E-state index in [9.17, 15) is 14.9 Å². The minimum absolute atomic E-state index is 0.0139. The second kappa shape index (κ2) is 6.17. The Morgan fingerprint density at radius 3 is 2.78 bits per heavy atom. The fraction of sp³-hybridized carbons (Fsp3) is 0.333. The van der Waals surface area contributed by atoms with E-state index in [1.807, 2.05) is 0 Å². The molecule has 1 aliphatic heterocycles. The van der Waals surface area contributed by atoms with Crippen LogP contribution in [0.4, 0.5) is 5.69 Å². The van der Waals surface area contributed by atoms with Crippen LogP contribution in [0, 0.1) is 10.1 Å². The molecule has 1 aromatic carbocycles. The number of carbonyl (C=O) groups is 1. The van der Waals surface area contributed by atoms with Crippen molar-refractivity contribution in [2.75, 3.05) is 13.1 Å². The van der Waals surface area contributed by atoms with Crippen LogP contribution in [-0.2, 0) is 0 Å². The summed E-state index contributed by atoms with van der Waals surface area (Å²) in [6.07, 6.45) is 5.04. The van der Waals surface area contributed by atoms with Gasteiger partial charge in [-0.3, -0.25) is 14.9 Å². The Balaban J connectivity index is 1.80. The topological polar surface area (TPSA) is 107 Å².